The molecule has 0 atom stereocenters. The van der Waals surface area contributed by atoms with Crippen LogP contribution in [0, 0.1) is 5.92 Å². The molecule has 0 aromatic carbocycles. The lowest BCUT2D eigenvalue weighted by molar-refractivity contribution is -0.181. The van der Waals surface area contributed by atoms with E-state index in [-0.39, 0.29) is 31.2 Å². The second-order valence-corrected chi connectivity index (χ2v) is 9.25. The van der Waals surface area contributed by atoms with Crippen molar-refractivity contribution in [3.63, 3.8) is 0 Å². The molecule has 1 saturated heterocycles. The maximum absolute atomic E-state index is 12.7. The summed E-state index contributed by atoms with van der Waals surface area (Å²) in [4.78, 5) is 2.28. The predicted molar refractivity (Wildman–Crippen MR) is 83.1 cm³/mol. The van der Waals surface area contributed by atoms with Crippen molar-refractivity contribution in [3.05, 3.63) is 0 Å². The van der Waals surface area contributed by atoms with Crippen molar-refractivity contribution < 1.29 is 26.3 Å². The molecule has 0 aromatic rings. The topological polar surface area (TPSA) is 58.6 Å². The number of ether oxygens (including phenoxy) is 1. The average Bonchev–Trinajstić information content (AvgIpc) is 3.35. The van der Waals surface area contributed by atoms with E-state index < -0.39 is 27.4 Å². The molecule has 3 rings (SSSR count). The van der Waals surface area contributed by atoms with Crippen molar-refractivity contribution in [1.29, 1.82) is 0 Å². The molecule has 140 valence electrons. The molecule has 0 amide bonds. The molecule has 1 aliphatic heterocycles. The average molecular weight is 370 g/mol. The molecule has 9 heteroatoms. The van der Waals surface area contributed by atoms with Gasteiger partial charge in [-0.15, -0.1) is 0 Å². The Hall–Kier alpha value is -0.380. The molecule has 3 aliphatic rings. The van der Waals surface area contributed by atoms with Crippen LogP contribution in [0.2, 0.25) is 0 Å². The number of nitrogens with zero attached hydrogens (tertiary/aromatic N) is 1. The van der Waals surface area contributed by atoms with Crippen molar-refractivity contribution in [2.24, 2.45) is 5.92 Å². The van der Waals surface area contributed by atoms with E-state index in [0.717, 1.165) is 25.9 Å². The summed E-state index contributed by atoms with van der Waals surface area (Å²) in [7, 11) is -3.56. The van der Waals surface area contributed by atoms with Crippen LogP contribution >= 0.6 is 0 Å². The van der Waals surface area contributed by atoms with E-state index in [9.17, 15) is 21.6 Å². The number of hydrogen-bond acceptors (Lipinski definition) is 4. The monoisotopic (exact) mass is 370 g/mol. The summed E-state index contributed by atoms with van der Waals surface area (Å²) in [5, 5.41) is -0.698. The van der Waals surface area contributed by atoms with E-state index in [1.165, 1.54) is 0 Å². The van der Waals surface area contributed by atoms with E-state index in [2.05, 4.69) is 9.62 Å². The molecule has 0 radical (unpaired) electrons. The molecule has 2 saturated carbocycles. The molecule has 0 unspecified atom stereocenters. The number of nitrogens with one attached hydrogen (secondary N) is 1. The van der Waals surface area contributed by atoms with Gasteiger partial charge in [0.1, 0.15) is 0 Å². The molecular formula is C15H25F3N2O3S. The van der Waals surface area contributed by atoms with Crippen LogP contribution in [0.4, 0.5) is 13.2 Å². The van der Waals surface area contributed by atoms with E-state index >= 15 is 0 Å². The first kappa shape index (κ1) is 18.4. The molecule has 0 aromatic heterocycles. The van der Waals surface area contributed by atoms with E-state index in [1.54, 1.807) is 0 Å². The van der Waals surface area contributed by atoms with Crippen LogP contribution in [-0.2, 0) is 14.8 Å². The standard InChI is InChI=1S/C15H25F3N2O3S/c16-15(17,18)12-1-3-13(4-2-12)24(21,22)19-11-14(5-6-14)20-7-9-23-10-8-20/h12-13,19H,1-11H2. The zero-order valence-electron chi connectivity index (χ0n) is 13.6. The molecule has 0 bridgehead atoms. The number of sulfonamides is 1. The highest BCUT2D eigenvalue weighted by atomic mass is 32.2. The van der Waals surface area contributed by atoms with Crippen LogP contribution in [0.25, 0.3) is 0 Å². The van der Waals surface area contributed by atoms with Gasteiger partial charge in [0.25, 0.3) is 0 Å². The van der Waals surface area contributed by atoms with Crippen molar-refractivity contribution in [1.82, 2.24) is 9.62 Å². The van der Waals surface area contributed by atoms with Gasteiger partial charge >= 0.3 is 6.18 Å². The van der Waals surface area contributed by atoms with Crippen molar-refractivity contribution in [2.75, 3.05) is 32.8 Å². The van der Waals surface area contributed by atoms with Gasteiger partial charge in [0, 0.05) is 25.2 Å². The highest BCUT2D eigenvalue weighted by Gasteiger charge is 2.49. The van der Waals surface area contributed by atoms with Gasteiger partial charge < -0.3 is 4.74 Å². The Bertz CT molecular complexity index is 535. The minimum Gasteiger partial charge on any atom is -0.379 e. The third-order valence-corrected chi connectivity index (χ3v) is 7.58. The molecule has 5 nitrogen and oxygen atoms in total. The van der Waals surface area contributed by atoms with Crippen molar-refractivity contribution in [3.8, 4) is 0 Å². The van der Waals surface area contributed by atoms with Crippen LogP contribution in [-0.4, -0.2) is 63.1 Å². The Morgan fingerprint density at radius 1 is 1.08 bits per heavy atom. The van der Waals surface area contributed by atoms with E-state index in [0.29, 0.717) is 19.8 Å². The van der Waals surface area contributed by atoms with Crippen LogP contribution in [0.3, 0.4) is 0 Å². The minimum absolute atomic E-state index is 0.0874. The third-order valence-electron chi connectivity index (χ3n) is 5.69. The number of alkyl halides is 3. The normalized spacial score (nSPS) is 31.8. The molecule has 3 fully saturated rings. The number of morpholine rings is 1. The van der Waals surface area contributed by atoms with Gasteiger partial charge in [-0.05, 0) is 38.5 Å². The summed E-state index contributed by atoms with van der Waals surface area (Å²) in [5.41, 5.74) is -0.111. The van der Waals surface area contributed by atoms with Gasteiger partial charge in [-0.2, -0.15) is 13.2 Å². The summed E-state index contributed by atoms with van der Waals surface area (Å²) in [6, 6.07) is 0. The lowest BCUT2D eigenvalue weighted by atomic mass is 9.88. The first-order chi connectivity index (χ1) is 11.2. The lowest BCUT2D eigenvalue weighted by Gasteiger charge is -2.35. The molecule has 1 N–H and O–H groups in total. The van der Waals surface area contributed by atoms with Gasteiger partial charge in [-0.25, -0.2) is 13.1 Å². The quantitative estimate of drug-likeness (QED) is 0.803. The van der Waals surface area contributed by atoms with Crippen LogP contribution in [0.15, 0.2) is 0 Å². The Morgan fingerprint density at radius 3 is 2.17 bits per heavy atom. The Balaban J connectivity index is 1.52. The van der Waals surface area contributed by atoms with Gasteiger partial charge in [0.05, 0.1) is 24.4 Å². The Labute approximate surface area is 141 Å². The summed E-state index contributed by atoms with van der Waals surface area (Å²) < 4.78 is 71.1. The highest BCUT2D eigenvalue weighted by Crippen LogP contribution is 2.42. The summed E-state index contributed by atoms with van der Waals surface area (Å²) in [6.45, 7) is 3.29. The summed E-state index contributed by atoms with van der Waals surface area (Å²) >= 11 is 0. The molecular weight excluding hydrogens is 345 g/mol. The lowest BCUT2D eigenvalue weighted by Crippen LogP contribution is -2.51. The van der Waals surface area contributed by atoms with Crippen LogP contribution in [0.1, 0.15) is 38.5 Å². The molecule has 24 heavy (non-hydrogen) atoms. The first-order valence-corrected chi connectivity index (χ1v) is 10.2. The van der Waals surface area contributed by atoms with Gasteiger partial charge in [0.15, 0.2) is 0 Å². The van der Waals surface area contributed by atoms with Crippen molar-refractivity contribution in [2.45, 2.75) is 55.5 Å². The molecule has 0 spiro atoms. The highest BCUT2D eigenvalue weighted by molar-refractivity contribution is 7.90. The molecule has 2 aliphatic carbocycles. The summed E-state index contributed by atoms with van der Waals surface area (Å²) in [6.07, 6.45) is -2.31. The second kappa shape index (κ2) is 6.74. The number of rotatable bonds is 5. The van der Waals surface area contributed by atoms with Crippen molar-refractivity contribution >= 4 is 10.0 Å². The predicted octanol–water partition coefficient (Wildman–Crippen LogP) is 1.89. The van der Waals surface area contributed by atoms with Crippen LogP contribution < -0.4 is 4.72 Å². The van der Waals surface area contributed by atoms with E-state index in [4.69, 9.17) is 4.74 Å². The van der Waals surface area contributed by atoms with Crippen LogP contribution in [0.5, 0.6) is 0 Å². The second-order valence-electron chi connectivity index (χ2n) is 7.21. The van der Waals surface area contributed by atoms with Gasteiger partial charge in [-0.3, -0.25) is 4.90 Å². The summed E-state index contributed by atoms with van der Waals surface area (Å²) in [5.74, 6) is -1.35. The third kappa shape index (κ3) is 4.05. The fourth-order valence-corrected chi connectivity index (χ4v) is 5.44. The first-order valence-electron chi connectivity index (χ1n) is 8.61. The van der Waals surface area contributed by atoms with Gasteiger partial charge in [-0.1, -0.05) is 0 Å². The molecule has 1 heterocycles. The maximum atomic E-state index is 12.7. The Kier molecular flexibility index (Phi) is 5.17. The number of hydrogen-bond donors (Lipinski definition) is 1. The maximum Gasteiger partial charge on any atom is 0.391 e. The minimum atomic E-state index is -4.21. The fraction of sp³-hybridized carbons (Fsp3) is 1.00. The fourth-order valence-electron chi connectivity index (χ4n) is 3.84. The number of halogens is 3. The zero-order valence-corrected chi connectivity index (χ0v) is 14.5. The SMILES string of the molecule is O=S(=O)(NCC1(N2CCOCC2)CC1)C1CCC(C(F)(F)F)CC1. The Morgan fingerprint density at radius 2 is 1.67 bits per heavy atom. The largest absolute Gasteiger partial charge is 0.391 e. The van der Waals surface area contributed by atoms with E-state index in [1.807, 2.05) is 0 Å². The van der Waals surface area contributed by atoms with Gasteiger partial charge in [0.2, 0.25) is 10.0 Å². The zero-order chi connectivity index (χ0) is 17.4. The smallest absolute Gasteiger partial charge is 0.379 e.